The van der Waals surface area contributed by atoms with Gasteiger partial charge in [-0.15, -0.1) is 0 Å². The lowest BCUT2D eigenvalue weighted by Crippen LogP contribution is -1.93. The van der Waals surface area contributed by atoms with Crippen LogP contribution in [0.3, 0.4) is 0 Å². The minimum atomic E-state index is -0.719. The molecule has 0 aromatic carbocycles. The molecule has 0 bridgehead atoms. The fourth-order valence-corrected chi connectivity index (χ4v) is 1.33. The van der Waals surface area contributed by atoms with Gasteiger partial charge in [-0.3, -0.25) is 4.79 Å². The van der Waals surface area contributed by atoms with Crippen LogP contribution >= 0.6 is 0 Å². The number of aliphatic carboxylic acids is 1. The van der Waals surface area contributed by atoms with Crippen molar-refractivity contribution in [3.05, 3.63) is 0 Å². The average Bonchev–Trinajstić information content (AvgIpc) is 2.34. The smallest absolute Gasteiger partial charge is 0.303 e. The molecular formula is C16H20O3. The first-order valence-corrected chi connectivity index (χ1v) is 6.51. The van der Waals surface area contributed by atoms with E-state index in [0.717, 1.165) is 38.5 Å². The molecule has 0 radical (unpaired) electrons. The van der Waals surface area contributed by atoms with E-state index in [-0.39, 0.29) is 6.42 Å². The Kier molecular flexibility index (Phi) is 11.3. The predicted octanol–water partition coefficient (Wildman–Crippen LogP) is 2.19. The van der Waals surface area contributed by atoms with Gasteiger partial charge in [-0.25, -0.2) is 0 Å². The van der Waals surface area contributed by atoms with Crippen LogP contribution in [0.25, 0.3) is 0 Å². The van der Waals surface area contributed by atoms with Gasteiger partial charge in [-0.05, 0) is 43.4 Å². The van der Waals surface area contributed by atoms with Gasteiger partial charge in [-0.2, -0.15) is 0 Å². The van der Waals surface area contributed by atoms with E-state index in [1.165, 1.54) is 0 Å². The molecule has 0 rings (SSSR count). The van der Waals surface area contributed by atoms with Crippen molar-refractivity contribution in [2.75, 3.05) is 0 Å². The summed E-state index contributed by atoms with van der Waals surface area (Å²) < 4.78 is 0. The van der Waals surface area contributed by atoms with Crippen LogP contribution in [-0.2, 0) is 4.79 Å². The summed E-state index contributed by atoms with van der Waals surface area (Å²) in [5, 5.41) is 17.3. The zero-order valence-corrected chi connectivity index (χ0v) is 11.3. The van der Waals surface area contributed by atoms with Crippen LogP contribution in [0.2, 0.25) is 0 Å². The van der Waals surface area contributed by atoms with E-state index >= 15 is 0 Å². The minimum absolute atomic E-state index is 0.267. The van der Waals surface area contributed by atoms with E-state index in [2.05, 4.69) is 35.5 Å². The molecule has 0 heterocycles. The van der Waals surface area contributed by atoms with Crippen molar-refractivity contribution in [1.29, 1.82) is 0 Å². The standard InChI is InChI=1S/C16H20O3/c1-15(17)13-11-9-7-5-3-2-4-6-8-10-12-14-16(18)19/h15,17H,2,4,6,8,10,12,14H2,1H3,(H,18,19). The van der Waals surface area contributed by atoms with Crippen molar-refractivity contribution in [1.82, 2.24) is 0 Å². The van der Waals surface area contributed by atoms with Crippen molar-refractivity contribution in [3.63, 3.8) is 0 Å². The topological polar surface area (TPSA) is 57.5 Å². The van der Waals surface area contributed by atoms with Crippen LogP contribution in [-0.4, -0.2) is 22.3 Å². The lowest BCUT2D eigenvalue weighted by molar-refractivity contribution is -0.137. The highest BCUT2D eigenvalue weighted by atomic mass is 16.4. The summed E-state index contributed by atoms with van der Waals surface area (Å²) in [5.41, 5.74) is 0. The molecule has 19 heavy (non-hydrogen) atoms. The summed E-state index contributed by atoms with van der Waals surface area (Å²) in [7, 11) is 0. The van der Waals surface area contributed by atoms with Crippen LogP contribution in [0.15, 0.2) is 0 Å². The normalized spacial score (nSPS) is 10.0. The number of hydrogen-bond acceptors (Lipinski definition) is 2. The zero-order valence-electron chi connectivity index (χ0n) is 11.3. The van der Waals surface area contributed by atoms with E-state index in [9.17, 15) is 4.79 Å². The molecule has 0 aliphatic rings. The lowest BCUT2D eigenvalue weighted by atomic mass is 10.1. The van der Waals surface area contributed by atoms with E-state index in [1.54, 1.807) is 6.92 Å². The van der Waals surface area contributed by atoms with Crippen molar-refractivity contribution in [3.8, 4) is 35.5 Å². The molecule has 0 aromatic heterocycles. The van der Waals surface area contributed by atoms with E-state index in [4.69, 9.17) is 10.2 Å². The number of carboxylic acid groups (broad SMARTS) is 1. The maximum absolute atomic E-state index is 10.3. The number of unbranched alkanes of at least 4 members (excludes halogenated alkanes) is 5. The van der Waals surface area contributed by atoms with Crippen molar-refractivity contribution in [2.45, 2.75) is 58.0 Å². The second-order valence-corrected chi connectivity index (χ2v) is 4.16. The van der Waals surface area contributed by atoms with Crippen LogP contribution in [0, 0.1) is 35.5 Å². The van der Waals surface area contributed by atoms with Gasteiger partial charge < -0.3 is 10.2 Å². The van der Waals surface area contributed by atoms with Gasteiger partial charge in [0.15, 0.2) is 0 Å². The summed E-state index contributed by atoms with van der Waals surface area (Å²) >= 11 is 0. The van der Waals surface area contributed by atoms with Gasteiger partial charge in [0.25, 0.3) is 0 Å². The maximum atomic E-state index is 10.3. The Morgan fingerprint density at radius 3 is 2.32 bits per heavy atom. The number of aliphatic hydroxyl groups is 1. The molecular weight excluding hydrogens is 240 g/mol. The Morgan fingerprint density at radius 2 is 1.63 bits per heavy atom. The van der Waals surface area contributed by atoms with Gasteiger partial charge in [0.2, 0.25) is 0 Å². The molecule has 0 fully saturated rings. The third-order valence-corrected chi connectivity index (χ3v) is 2.25. The summed E-state index contributed by atoms with van der Waals surface area (Å²) in [5.74, 6) is 15.1. The van der Waals surface area contributed by atoms with Gasteiger partial charge in [0, 0.05) is 12.8 Å². The SMILES string of the molecule is CC(O)C#CC#CC#CCCCCCCCC(=O)O. The van der Waals surface area contributed by atoms with Crippen LogP contribution < -0.4 is 0 Å². The Hall–Kier alpha value is -1.89. The minimum Gasteiger partial charge on any atom is -0.481 e. The lowest BCUT2D eigenvalue weighted by Gasteiger charge is -1.96. The summed E-state index contributed by atoms with van der Waals surface area (Å²) in [6.45, 7) is 1.58. The fraction of sp³-hybridized carbons (Fsp3) is 0.562. The van der Waals surface area contributed by atoms with E-state index in [1.807, 2.05) is 0 Å². The van der Waals surface area contributed by atoms with E-state index in [0.29, 0.717) is 0 Å². The quantitative estimate of drug-likeness (QED) is 0.545. The largest absolute Gasteiger partial charge is 0.481 e. The summed E-state index contributed by atoms with van der Waals surface area (Å²) in [6.07, 6.45) is 5.29. The second kappa shape index (κ2) is 12.6. The monoisotopic (exact) mass is 260 g/mol. The second-order valence-electron chi connectivity index (χ2n) is 4.16. The Balaban J connectivity index is 3.46. The highest BCUT2D eigenvalue weighted by Gasteiger charge is 1.95. The predicted molar refractivity (Wildman–Crippen MR) is 75.0 cm³/mol. The molecule has 0 aliphatic carbocycles. The molecule has 102 valence electrons. The molecule has 0 saturated heterocycles. The first-order chi connectivity index (χ1) is 9.13. The molecule has 3 nitrogen and oxygen atoms in total. The van der Waals surface area contributed by atoms with Crippen molar-refractivity contribution >= 4 is 5.97 Å². The maximum Gasteiger partial charge on any atom is 0.303 e. The number of carboxylic acids is 1. The molecule has 2 N–H and O–H groups in total. The molecule has 0 amide bonds. The third kappa shape index (κ3) is 16.1. The summed E-state index contributed by atoms with van der Waals surface area (Å²) in [6, 6.07) is 0. The molecule has 0 aliphatic heterocycles. The third-order valence-electron chi connectivity index (χ3n) is 2.25. The van der Waals surface area contributed by atoms with Gasteiger partial charge >= 0.3 is 5.97 Å². The molecule has 0 aromatic rings. The van der Waals surface area contributed by atoms with Crippen LogP contribution in [0.5, 0.6) is 0 Å². The highest BCUT2D eigenvalue weighted by Crippen LogP contribution is 2.06. The zero-order chi connectivity index (χ0) is 14.3. The Bertz CT molecular complexity index is 430. The first-order valence-electron chi connectivity index (χ1n) is 6.51. The Labute approximate surface area is 115 Å². The number of hydrogen-bond donors (Lipinski definition) is 2. The number of aliphatic hydroxyl groups excluding tert-OH is 1. The van der Waals surface area contributed by atoms with Crippen molar-refractivity contribution in [2.24, 2.45) is 0 Å². The molecule has 1 atom stereocenters. The van der Waals surface area contributed by atoms with Crippen LogP contribution in [0.4, 0.5) is 0 Å². The first kappa shape index (κ1) is 17.1. The molecule has 1 unspecified atom stereocenters. The molecule has 0 spiro atoms. The van der Waals surface area contributed by atoms with Gasteiger partial charge in [-0.1, -0.05) is 31.1 Å². The number of carbonyl (C=O) groups is 1. The van der Waals surface area contributed by atoms with Crippen LogP contribution in [0.1, 0.15) is 51.9 Å². The van der Waals surface area contributed by atoms with Gasteiger partial charge in [0.05, 0.1) is 0 Å². The Morgan fingerprint density at radius 1 is 1.00 bits per heavy atom. The molecule has 0 saturated carbocycles. The van der Waals surface area contributed by atoms with Crippen molar-refractivity contribution < 1.29 is 15.0 Å². The fourth-order valence-electron chi connectivity index (χ4n) is 1.33. The average molecular weight is 260 g/mol. The van der Waals surface area contributed by atoms with Gasteiger partial charge in [0.1, 0.15) is 6.10 Å². The number of rotatable bonds is 7. The summed E-state index contributed by atoms with van der Waals surface area (Å²) in [4.78, 5) is 10.3. The van der Waals surface area contributed by atoms with E-state index < -0.39 is 12.1 Å². The highest BCUT2D eigenvalue weighted by molar-refractivity contribution is 5.66. The molecule has 3 heteroatoms.